The summed E-state index contributed by atoms with van der Waals surface area (Å²) in [5.41, 5.74) is 1.52. The summed E-state index contributed by atoms with van der Waals surface area (Å²) in [4.78, 5) is 22.3. The van der Waals surface area contributed by atoms with Crippen LogP contribution in [0.5, 0.6) is 0 Å². The van der Waals surface area contributed by atoms with Crippen LogP contribution in [0.2, 0.25) is 5.15 Å². The van der Waals surface area contributed by atoms with Crippen LogP contribution in [0, 0.1) is 17.2 Å². The number of piperidine rings is 1. The van der Waals surface area contributed by atoms with Gasteiger partial charge in [-0.15, -0.1) is 10.2 Å². The van der Waals surface area contributed by atoms with Crippen LogP contribution in [0.1, 0.15) is 50.5 Å². The molecule has 0 atom stereocenters. The zero-order valence-electron chi connectivity index (χ0n) is 21.1. The van der Waals surface area contributed by atoms with Gasteiger partial charge >= 0.3 is 0 Å². The third-order valence-corrected chi connectivity index (χ3v) is 10.1. The van der Waals surface area contributed by atoms with E-state index in [4.69, 9.17) is 16.6 Å². The molecule has 1 aliphatic heterocycles. The van der Waals surface area contributed by atoms with Crippen molar-refractivity contribution >= 4 is 52.0 Å². The first-order valence-electron chi connectivity index (χ1n) is 12.6. The molecule has 1 saturated heterocycles. The number of halogens is 1. The minimum Gasteiger partial charge on any atom is -0.370 e. The summed E-state index contributed by atoms with van der Waals surface area (Å²) >= 11 is 9.83. The van der Waals surface area contributed by atoms with Gasteiger partial charge in [0.15, 0.2) is 16.0 Å². The molecule has 2 saturated carbocycles. The van der Waals surface area contributed by atoms with Gasteiger partial charge in [-0.25, -0.2) is 4.98 Å². The number of nitriles is 1. The number of amides is 1. The molecule has 9 nitrogen and oxygen atoms in total. The predicted octanol–water partition coefficient (Wildman–Crippen LogP) is 4.52. The fourth-order valence-electron chi connectivity index (χ4n) is 4.78. The second-order valence-electron chi connectivity index (χ2n) is 10.9. The number of carbonyl (C=O) groups excluding carboxylic acids is 1. The van der Waals surface area contributed by atoms with Gasteiger partial charge < -0.3 is 9.80 Å². The smallest absolute Gasteiger partial charge is 0.225 e. The number of rotatable bonds is 7. The van der Waals surface area contributed by atoms with E-state index in [9.17, 15) is 10.1 Å². The van der Waals surface area contributed by atoms with E-state index in [1.807, 2.05) is 18.5 Å². The molecule has 1 N–H and O–H groups in total. The van der Waals surface area contributed by atoms with Crippen molar-refractivity contribution in [3.8, 4) is 16.9 Å². The van der Waals surface area contributed by atoms with Crippen molar-refractivity contribution in [2.75, 3.05) is 32.1 Å². The Labute approximate surface area is 229 Å². The van der Waals surface area contributed by atoms with Crippen molar-refractivity contribution in [3.63, 3.8) is 0 Å². The van der Waals surface area contributed by atoms with Gasteiger partial charge in [0.25, 0.3) is 0 Å². The van der Waals surface area contributed by atoms with Crippen molar-refractivity contribution < 1.29 is 4.79 Å². The van der Waals surface area contributed by atoms with E-state index >= 15 is 0 Å². The normalized spacial score (nSPS) is 20.1. The SMILES string of the molecule is CN(C)C(=O)C1CCN(c2cc(SNC3(C)CC3)cn3c(-c4nnc(C5(C#N)CC5)s4)nc(Cl)c23)CC1. The zero-order valence-corrected chi connectivity index (χ0v) is 23.5. The maximum absolute atomic E-state index is 12.5. The Morgan fingerprint density at radius 1 is 1.27 bits per heavy atom. The van der Waals surface area contributed by atoms with Gasteiger partial charge in [-0.1, -0.05) is 22.9 Å². The molecule has 4 heterocycles. The van der Waals surface area contributed by atoms with Crippen molar-refractivity contribution in [1.29, 1.82) is 5.26 Å². The summed E-state index contributed by atoms with van der Waals surface area (Å²) < 4.78 is 5.62. The number of pyridine rings is 1. The topological polar surface area (TPSA) is 102 Å². The van der Waals surface area contributed by atoms with Crippen LogP contribution in [0.15, 0.2) is 17.2 Å². The lowest BCUT2D eigenvalue weighted by Crippen LogP contribution is -2.40. The molecule has 3 aliphatic rings. The van der Waals surface area contributed by atoms with E-state index in [0.717, 1.165) is 59.9 Å². The lowest BCUT2D eigenvalue weighted by molar-refractivity contribution is -0.133. The Kier molecular flexibility index (Phi) is 6.14. The van der Waals surface area contributed by atoms with Crippen molar-refractivity contribution in [2.24, 2.45) is 5.92 Å². The van der Waals surface area contributed by atoms with E-state index in [0.29, 0.717) is 16.0 Å². The number of hydrogen-bond acceptors (Lipinski definition) is 9. The maximum Gasteiger partial charge on any atom is 0.225 e. The van der Waals surface area contributed by atoms with Gasteiger partial charge in [0, 0.05) is 49.7 Å². The van der Waals surface area contributed by atoms with Gasteiger partial charge in [0.1, 0.15) is 15.9 Å². The molecular formula is C25H29ClN8OS2. The molecule has 3 fully saturated rings. The largest absolute Gasteiger partial charge is 0.370 e. The molecular weight excluding hydrogens is 528 g/mol. The van der Waals surface area contributed by atoms with Crippen LogP contribution in [-0.4, -0.2) is 63.1 Å². The number of anilines is 1. The fourth-order valence-corrected chi connectivity index (χ4v) is 6.98. The van der Waals surface area contributed by atoms with E-state index in [-0.39, 0.29) is 17.4 Å². The number of fused-ring (bicyclic) bond motifs is 1. The molecule has 3 aromatic heterocycles. The highest BCUT2D eigenvalue weighted by Crippen LogP contribution is 2.49. The quantitative estimate of drug-likeness (QED) is 0.424. The predicted molar refractivity (Wildman–Crippen MR) is 146 cm³/mol. The van der Waals surface area contributed by atoms with Gasteiger partial charge in [-0.2, -0.15) is 5.26 Å². The minimum absolute atomic E-state index is 0.0435. The molecule has 3 aromatic rings. The van der Waals surface area contributed by atoms with Crippen LogP contribution in [0.3, 0.4) is 0 Å². The van der Waals surface area contributed by atoms with Gasteiger partial charge in [0.2, 0.25) is 5.91 Å². The molecule has 6 rings (SSSR count). The van der Waals surface area contributed by atoms with Crippen LogP contribution in [-0.2, 0) is 10.2 Å². The van der Waals surface area contributed by atoms with Gasteiger partial charge in [0.05, 0.1) is 11.8 Å². The first-order valence-corrected chi connectivity index (χ1v) is 14.6. The van der Waals surface area contributed by atoms with E-state index in [1.54, 1.807) is 16.8 Å². The van der Waals surface area contributed by atoms with Crippen LogP contribution >= 0.6 is 34.9 Å². The number of nitrogens with zero attached hydrogens (tertiary/aromatic N) is 7. The zero-order chi connectivity index (χ0) is 25.9. The Morgan fingerprint density at radius 3 is 2.62 bits per heavy atom. The van der Waals surface area contributed by atoms with E-state index in [2.05, 4.69) is 45.1 Å². The molecule has 0 radical (unpaired) electrons. The number of aromatic nitrogens is 4. The molecule has 194 valence electrons. The number of imidazole rings is 1. The summed E-state index contributed by atoms with van der Waals surface area (Å²) in [7, 11) is 3.64. The van der Waals surface area contributed by atoms with Crippen LogP contribution in [0.25, 0.3) is 16.3 Å². The maximum atomic E-state index is 12.5. The van der Waals surface area contributed by atoms with Crippen LogP contribution < -0.4 is 9.62 Å². The number of carbonyl (C=O) groups is 1. The minimum atomic E-state index is -0.489. The second-order valence-corrected chi connectivity index (χ2v) is 13.1. The summed E-state index contributed by atoms with van der Waals surface area (Å²) in [5, 5.41) is 20.2. The Balaban J connectivity index is 1.38. The standard InChI is InChI=1S/C25H29ClN8OS2/c1-24(6-7-24)31-37-16-12-17(33-10-4-15(5-11-33)22(35)32(2)3)18-19(26)28-20(34(18)13-16)21-29-30-23(36-21)25(14-27)8-9-25/h12-13,15,31H,4-11H2,1-3H3. The molecule has 0 bridgehead atoms. The van der Waals surface area contributed by atoms with Crippen LogP contribution in [0.4, 0.5) is 5.69 Å². The van der Waals surface area contributed by atoms with Gasteiger partial charge in [-0.3, -0.25) is 13.9 Å². The average Bonchev–Trinajstić information content (AvgIpc) is 3.77. The highest BCUT2D eigenvalue weighted by molar-refractivity contribution is 7.97. The monoisotopic (exact) mass is 556 g/mol. The second kappa shape index (κ2) is 9.12. The summed E-state index contributed by atoms with van der Waals surface area (Å²) in [6, 6.07) is 4.57. The van der Waals surface area contributed by atoms with E-state index in [1.165, 1.54) is 24.2 Å². The summed E-state index contributed by atoms with van der Waals surface area (Å²) in [5.74, 6) is 0.872. The molecule has 2 aliphatic carbocycles. The van der Waals surface area contributed by atoms with E-state index < -0.39 is 5.41 Å². The first-order chi connectivity index (χ1) is 17.7. The lowest BCUT2D eigenvalue weighted by atomic mass is 9.95. The Bertz CT molecular complexity index is 1410. The van der Waals surface area contributed by atoms with Crippen molar-refractivity contribution in [3.05, 3.63) is 22.4 Å². The molecule has 0 unspecified atom stereocenters. The highest BCUT2D eigenvalue weighted by Gasteiger charge is 2.48. The molecule has 0 aromatic carbocycles. The third kappa shape index (κ3) is 4.58. The molecule has 1 amide bonds. The average molecular weight is 557 g/mol. The Morgan fingerprint density at radius 2 is 2.00 bits per heavy atom. The Hall–Kier alpha value is -2.39. The molecule has 0 spiro atoms. The van der Waals surface area contributed by atoms with Crippen molar-refractivity contribution in [1.82, 2.24) is 29.2 Å². The number of hydrogen-bond donors (Lipinski definition) is 1. The summed E-state index contributed by atoms with van der Waals surface area (Å²) in [6.45, 7) is 3.77. The first kappa shape index (κ1) is 24.9. The highest BCUT2D eigenvalue weighted by atomic mass is 35.5. The molecule has 12 heteroatoms. The van der Waals surface area contributed by atoms with Crippen molar-refractivity contribution in [2.45, 2.75) is 61.3 Å². The molecule has 37 heavy (non-hydrogen) atoms. The number of nitrogens with one attached hydrogen (secondary N) is 1. The third-order valence-electron chi connectivity index (χ3n) is 7.68. The van der Waals surface area contributed by atoms with Gasteiger partial charge in [-0.05, 0) is 63.5 Å². The fraction of sp³-hybridized carbons (Fsp3) is 0.560. The lowest BCUT2D eigenvalue weighted by Gasteiger charge is -2.34. The summed E-state index contributed by atoms with van der Waals surface area (Å²) in [6.07, 6.45) is 7.62.